The maximum atomic E-state index is 13.5. The number of fused-ring (bicyclic) bond motifs is 1. The number of hydrogen-bond donors (Lipinski definition) is 1. The largest absolute Gasteiger partial charge is 0.598 e. The molecule has 6 heteroatoms. The summed E-state index contributed by atoms with van der Waals surface area (Å²) in [4.78, 5) is 4.77. The van der Waals surface area contributed by atoms with Crippen LogP contribution in [0.3, 0.4) is 0 Å². The fraction of sp³-hybridized carbons (Fsp3) is 0.560. The summed E-state index contributed by atoms with van der Waals surface area (Å²) in [6, 6.07) is 10.4. The van der Waals surface area contributed by atoms with E-state index in [9.17, 15) is 8.94 Å². The lowest BCUT2D eigenvalue weighted by atomic mass is 9.90. The maximum Gasteiger partial charge on any atom is 0.214 e. The SMILES string of the molecule is CCC(C)(N[S+]([O-])C(C)(C)C)c1cc(O[C@H]2[C@@H]3CCC[C@@H]32)nc(-c2ccc(F)cc2)c1. The van der Waals surface area contributed by atoms with Crippen molar-refractivity contribution < 1.29 is 13.7 Å². The second-order valence-corrected chi connectivity index (χ2v) is 12.1. The van der Waals surface area contributed by atoms with Crippen LogP contribution in [0, 0.1) is 17.7 Å². The van der Waals surface area contributed by atoms with Gasteiger partial charge in [-0.05, 0) is 82.9 Å². The van der Waals surface area contributed by atoms with Gasteiger partial charge in [0.25, 0.3) is 0 Å². The van der Waals surface area contributed by atoms with Gasteiger partial charge in [-0.25, -0.2) is 9.37 Å². The minimum atomic E-state index is -1.23. The molecule has 1 aromatic heterocycles. The molecule has 0 bridgehead atoms. The first-order valence-corrected chi connectivity index (χ1v) is 12.4. The van der Waals surface area contributed by atoms with Crippen LogP contribution in [0.1, 0.15) is 65.9 Å². The zero-order valence-corrected chi connectivity index (χ0v) is 19.9. The quantitative estimate of drug-likeness (QED) is 0.553. The Balaban J connectivity index is 1.70. The van der Waals surface area contributed by atoms with Crippen LogP contribution >= 0.6 is 0 Å². The summed E-state index contributed by atoms with van der Waals surface area (Å²) in [6.07, 6.45) is 4.76. The Kier molecular flexibility index (Phi) is 6.10. The lowest BCUT2D eigenvalue weighted by molar-refractivity contribution is 0.247. The predicted octanol–water partition coefficient (Wildman–Crippen LogP) is 5.74. The highest BCUT2D eigenvalue weighted by Gasteiger charge is 2.55. The molecule has 2 aliphatic rings. The standard InChI is InChI=1S/C25H33FN2O2S/c1-6-25(5,28-31(29)24(2,3)4)17-14-21(16-10-12-18(26)13-11-16)27-22(15-17)30-23-19-8-7-9-20(19)23/h10-15,19-20,23,28H,6-9H2,1-5H3/t19-,20+,23+,25?,31?. The molecule has 0 spiro atoms. The van der Waals surface area contributed by atoms with Crippen molar-refractivity contribution in [2.45, 2.75) is 76.7 Å². The van der Waals surface area contributed by atoms with E-state index >= 15 is 0 Å². The van der Waals surface area contributed by atoms with Crippen LogP contribution < -0.4 is 9.46 Å². The van der Waals surface area contributed by atoms with E-state index in [2.05, 4.69) is 18.6 Å². The zero-order chi connectivity index (χ0) is 22.4. The lowest BCUT2D eigenvalue weighted by Crippen LogP contribution is -2.49. The third-order valence-electron chi connectivity index (χ3n) is 6.74. The third-order valence-corrected chi connectivity index (χ3v) is 8.49. The molecule has 2 unspecified atom stereocenters. The van der Waals surface area contributed by atoms with Crippen molar-refractivity contribution in [3.05, 3.63) is 47.8 Å². The van der Waals surface area contributed by atoms with Gasteiger partial charge in [0.2, 0.25) is 5.88 Å². The molecule has 31 heavy (non-hydrogen) atoms. The number of aromatic nitrogens is 1. The number of ether oxygens (including phenoxy) is 1. The summed E-state index contributed by atoms with van der Waals surface area (Å²) < 4.78 is 35.7. The van der Waals surface area contributed by atoms with Crippen molar-refractivity contribution in [3.8, 4) is 17.1 Å². The first-order valence-electron chi connectivity index (χ1n) is 11.3. The Morgan fingerprint density at radius 3 is 2.35 bits per heavy atom. The molecule has 4 nitrogen and oxygen atoms in total. The Hall–Kier alpha value is -1.63. The first-order chi connectivity index (χ1) is 14.6. The molecule has 5 atom stereocenters. The normalized spacial score (nSPS) is 25.6. The highest BCUT2D eigenvalue weighted by atomic mass is 32.2. The Labute approximate surface area is 188 Å². The summed E-state index contributed by atoms with van der Waals surface area (Å²) in [5, 5.41) is 0. The van der Waals surface area contributed by atoms with E-state index in [-0.39, 0.29) is 16.7 Å². The highest BCUT2D eigenvalue weighted by molar-refractivity contribution is 7.90. The number of benzene rings is 1. The number of rotatable bonds is 7. The van der Waals surface area contributed by atoms with Gasteiger partial charge in [-0.2, -0.15) is 0 Å². The molecule has 0 amide bonds. The van der Waals surface area contributed by atoms with Gasteiger partial charge in [0.1, 0.15) is 16.7 Å². The molecule has 0 saturated heterocycles. The van der Waals surface area contributed by atoms with Crippen LogP contribution in [0.4, 0.5) is 4.39 Å². The molecule has 0 aliphatic heterocycles. The van der Waals surface area contributed by atoms with E-state index < -0.39 is 16.9 Å². The predicted molar refractivity (Wildman–Crippen MR) is 124 cm³/mol. The maximum absolute atomic E-state index is 13.5. The van der Waals surface area contributed by atoms with Gasteiger partial charge >= 0.3 is 0 Å². The van der Waals surface area contributed by atoms with Crippen molar-refractivity contribution in [2.75, 3.05) is 0 Å². The van der Waals surface area contributed by atoms with Crippen LogP contribution in [0.5, 0.6) is 5.88 Å². The minimum absolute atomic E-state index is 0.252. The fourth-order valence-corrected chi connectivity index (χ4v) is 5.39. The average molecular weight is 445 g/mol. The number of nitrogens with one attached hydrogen (secondary N) is 1. The molecule has 2 aliphatic carbocycles. The highest BCUT2D eigenvalue weighted by Crippen LogP contribution is 2.53. The number of hydrogen-bond acceptors (Lipinski definition) is 4. The monoisotopic (exact) mass is 444 g/mol. The van der Waals surface area contributed by atoms with Crippen molar-refractivity contribution in [2.24, 2.45) is 11.8 Å². The molecular formula is C25H33FN2O2S. The van der Waals surface area contributed by atoms with E-state index in [1.807, 2.05) is 32.9 Å². The van der Waals surface area contributed by atoms with Gasteiger partial charge in [0, 0.05) is 34.8 Å². The molecule has 1 heterocycles. The summed E-state index contributed by atoms with van der Waals surface area (Å²) in [5.41, 5.74) is 2.02. The molecule has 0 radical (unpaired) electrons. The smallest absolute Gasteiger partial charge is 0.214 e. The first kappa shape index (κ1) is 22.6. The van der Waals surface area contributed by atoms with Gasteiger partial charge < -0.3 is 9.29 Å². The van der Waals surface area contributed by atoms with Crippen molar-refractivity contribution in [1.29, 1.82) is 0 Å². The Morgan fingerprint density at radius 2 is 1.77 bits per heavy atom. The van der Waals surface area contributed by atoms with E-state index in [0.29, 0.717) is 17.7 Å². The molecule has 4 rings (SSSR count). The fourth-order valence-electron chi connectivity index (χ4n) is 4.42. The van der Waals surface area contributed by atoms with Crippen LogP contribution in [-0.4, -0.2) is 20.4 Å². The zero-order valence-electron chi connectivity index (χ0n) is 19.1. The van der Waals surface area contributed by atoms with Crippen molar-refractivity contribution in [1.82, 2.24) is 9.71 Å². The Morgan fingerprint density at radius 1 is 1.13 bits per heavy atom. The van der Waals surface area contributed by atoms with Crippen molar-refractivity contribution in [3.63, 3.8) is 0 Å². The van der Waals surface area contributed by atoms with Crippen LogP contribution in [0.2, 0.25) is 0 Å². The van der Waals surface area contributed by atoms with E-state index in [1.54, 1.807) is 12.1 Å². The molecule has 1 aromatic carbocycles. The topological polar surface area (TPSA) is 57.2 Å². The summed E-state index contributed by atoms with van der Waals surface area (Å²) in [5.74, 6) is 1.63. The molecular weight excluding hydrogens is 411 g/mol. The molecule has 168 valence electrons. The average Bonchev–Trinajstić information content (AvgIpc) is 3.13. The number of pyridine rings is 1. The van der Waals surface area contributed by atoms with Gasteiger partial charge in [0.05, 0.1) is 11.2 Å². The molecule has 2 saturated carbocycles. The van der Waals surface area contributed by atoms with Gasteiger partial charge in [-0.1, -0.05) is 13.3 Å². The molecule has 2 fully saturated rings. The molecule has 1 N–H and O–H groups in total. The summed E-state index contributed by atoms with van der Waals surface area (Å²) in [7, 11) is 0. The van der Waals surface area contributed by atoms with E-state index in [1.165, 1.54) is 31.4 Å². The van der Waals surface area contributed by atoms with E-state index in [0.717, 1.165) is 23.2 Å². The number of nitrogens with zero attached hydrogens (tertiary/aromatic N) is 1. The Bertz CT molecular complexity index is 920. The van der Waals surface area contributed by atoms with Crippen LogP contribution in [0.25, 0.3) is 11.3 Å². The third kappa shape index (κ3) is 4.76. The summed E-state index contributed by atoms with van der Waals surface area (Å²) in [6.45, 7) is 10.0. The van der Waals surface area contributed by atoms with Crippen LogP contribution in [0.15, 0.2) is 36.4 Å². The second kappa shape index (κ2) is 8.38. The van der Waals surface area contributed by atoms with Crippen molar-refractivity contribution >= 4 is 11.4 Å². The van der Waals surface area contributed by atoms with Crippen LogP contribution in [-0.2, 0) is 16.9 Å². The second-order valence-electron chi connectivity index (χ2n) is 10.1. The van der Waals surface area contributed by atoms with E-state index in [4.69, 9.17) is 9.72 Å². The lowest BCUT2D eigenvalue weighted by Gasteiger charge is -2.35. The van der Waals surface area contributed by atoms with Gasteiger partial charge in [0.15, 0.2) is 0 Å². The molecule has 2 aromatic rings. The summed E-state index contributed by atoms with van der Waals surface area (Å²) >= 11 is -1.23. The van der Waals surface area contributed by atoms with Gasteiger partial charge in [-0.15, -0.1) is 4.72 Å². The number of halogens is 1. The van der Waals surface area contributed by atoms with Gasteiger partial charge in [-0.3, -0.25) is 0 Å². The minimum Gasteiger partial charge on any atom is -0.598 e.